The van der Waals surface area contributed by atoms with Gasteiger partial charge >= 0.3 is 0 Å². The van der Waals surface area contributed by atoms with Crippen LogP contribution in [0.25, 0.3) is 0 Å². The van der Waals surface area contributed by atoms with Crippen molar-refractivity contribution in [3.8, 4) is 0 Å². The van der Waals surface area contributed by atoms with Crippen molar-refractivity contribution in [1.29, 1.82) is 0 Å². The second kappa shape index (κ2) is 8.25. The highest BCUT2D eigenvalue weighted by molar-refractivity contribution is 5.17. The molecule has 3 atom stereocenters. The molecule has 4 nitrogen and oxygen atoms in total. The zero-order chi connectivity index (χ0) is 16.1. The number of nitrogens with zero attached hydrogens (tertiary/aromatic N) is 2. The molecule has 2 saturated heterocycles. The lowest BCUT2D eigenvalue weighted by Gasteiger charge is -2.42. The van der Waals surface area contributed by atoms with Gasteiger partial charge in [-0.25, -0.2) is 0 Å². The number of β-amino-alcohol motifs (C(OH)–C–C–N with tert-alkyl or cyclic N) is 1. The summed E-state index contributed by atoms with van der Waals surface area (Å²) in [7, 11) is 0. The molecule has 2 aliphatic rings. The third-order valence-corrected chi connectivity index (χ3v) is 5.18. The van der Waals surface area contributed by atoms with Crippen molar-refractivity contribution in [2.75, 3.05) is 39.3 Å². The van der Waals surface area contributed by atoms with Crippen LogP contribution in [0.3, 0.4) is 0 Å². The Labute approximate surface area is 140 Å². The van der Waals surface area contributed by atoms with Crippen LogP contribution >= 0.6 is 0 Å². The molecule has 4 heteroatoms. The first-order valence-electron chi connectivity index (χ1n) is 9.03. The Kier molecular flexibility index (Phi) is 6.06. The summed E-state index contributed by atoms with van der Waals surface area (Å²) in [5.41, 5.74) is 1.01. The van der Waals surface area contributed by atoms with E-state index < -0.39 is 6.10 Å². The van der Waals surface area contributed by atoms with E-state index in [1.807, 2.05) is 30.3 Å². The fourth-order valence-electron chi connectivity index (χ4n) is 3.75. The summed E-state index contributed by atoms with van der Waals surface area (Å²) in [6, 6.07) is 10.5. The third kappa shape index (κ3) is 4.77. The maximum atomic E-state index is 10.4. The minimum atomic E-state index is -0.396. The first-order valence-corrected chi connectivity index (χ1v) is 9.03. The number of aliphatic hydroxyl groups is 1. The molecular formula is C19H30N2O2. The van der Waals surface area contributed by atoms with Crippen LogP contribution in [0.2, 0.25) is 0 Å². The van der Waals surface area contributed by atoms with Crippen molar-refractivity contribution in [1.82, 2.24) is 9.80 Å². The standard InChI is InChI=1S/C19H30N2O2/c1-16-13-20(14-18-9-5-6-12-23-18)10-11-21(16)15-19(22)17-7-3-2-4-8-17/h2-4,7-8,16,18-19,22H,5-6,9-15H2,1H3. The summed E-state index contributed by atoms with van der Waals surface area (Å²) < 4.78 is 5.87. The normalized spacial score (nSPS) is 28.6. The topological polar surface area (TPSA) is 35.9 Å². The van der Waals surface area contributed by atoms with Gasteiger partial charge in [0.15, 0.2) is 0 Å². The SMILES string of the molecule is CC1CN(CC2CCCCO2)CCN1CC(O)c1ccccc1. The van der Waals surface area contributed by atoms with Gasteiger partial charge in [0.25, 0.3) is 0 Å². The molecule has 23 heavy (non-hydrogen) atoms. The molecule has 2 heterocycles. The van der Waals surface area contributed by atoms with Crippen LogP contribution in [0.15, 0.2) is 30.3 Å². The quantitative estimate of drug-likeness (QED) is 0.904. The molecule has 0 amide bonds. The fourth-order valence-corrected chi connectivity index (χ4v) is 3.75. The van der Waals surface area contributed by atoms with Gasteiger partial charge in [-0.05, 0) is 31.7 Å². The van der Waals surface area contributed by atoms with E-state index in [1.54, 1.807) is 0 Å². The molecular weight excluding hydrogens is 288 g/mol. The number of piperazine rings is 1. The Morgan fingerprint density at radius 1 is 1.22 bits per heavy atom. The summed E-state index contributed by atoms with van der Waals surface area (Å²) in [5, 5.41) is 10.4. The largest absolute Gasteiger partial charge is 0.387 e. The van der Waals surface area contributed by atoms with E-state index in [0.717, 1.165) is 44.9 Å². The third-order valence-electron chi connectivity index (χ3n) is 5.18. The monoisotopic (exact) mass is 318 g/mol. The van der Waals surface area contributed by atoms with E-state index in [-0.39, 0.29) is 0 Å². The molecule has 0 radical (unpaired) electrons. The summed E-state index contributed by atoms with van der Waals surface area (Å²) in [6.45, 7) is 8.16. The van der Waals surface area contributed by atoms with Gasteiger partial charge in [0.05, 0.1) is 12.2 Å². The molecule has 128 valence electrons. The Hall–Kier alpha value is -0.940. The average Bonchev–Trinajstić information content (AvgIpc) is 2.59. The molecule has 3 rings (SSSR count). The molecule has 2 fully saturated rings. The Bertz CT molecular complexity index is 462. The summed E-state index contributed by atoms with van der Waals surface area (Å²) in [4.78, 5) is 4.95. The second-order valence-electron chi connectivity index (χ2n) is 7.02. The van der Waals surface area contributed by atoms with Crippen molar-refractivity contribution in [3.05, 3.63) is 35.9 Å². The Balaban J connectivity index is 1.46. The van der Waals surface area contributed by atoms with Crippen molar-refractivity contribution < 1.29 is 9.84 Å². The zero-order valence-electron chi connectivity index (χ0n) is 14.2. The molecule has 0 saturated carbocycles. The van der Waals surface area contributed by atoms with E-state index in [2.05, 4.69) is 16.7 Å². The molecule has 0 spiro atoms. The van der Waals surface area contributed by atoms with Gasteiger partial charge in [-0.1, -0.05) is 30.3 Å². The van der Waals surface area contributed by atoms with E-state index in [1.165, 1.54) is 19.3 Å². The molecule has 0 bridgehead atoms. The number of benzene rings is 1. The van der Waals surface area contributed by atoms with E-state index in [4.69, 9.17) is 4.74 Å². The lowest BCUT2D eigenvalue weighted by molar-refractivity contribution is -0.0259. The van der Waals surface area contributed by atoms with Crippen molar-refractivity contribution in [3.63, 3.8) is 0 Å². The Morgan fingerprint density at radius 2 is 2.04 bits per heavy atom. The maximum Gasteiger partial charge on any atom is 0.0917 e. The van der Waals surface area contributed by atoms with Crippen molar-refractivity contribution >= 4 is 0 Å². The van der Waals surface area contributed by atoms with Crippen molar-refractivity contribution in [2.24, 2.45) is 0 Å². The highest BCUT2D eigenvalue weighted by Crippen LogP contribution is 2.19. The van der Waals surface area contributed by atoms with E-state index >= 15 is 0 Å². The number of rotatable bonds is 5. The van der Waals surface area contributed by atoms with Gasteiger partial charge in [-0.2, -0.15) is 0 Å². The van der Waals surface area contributed by atoms with Gasteiger partial charge < -0.3 is 9.84 Å². The fraction of sp³-hybridized carbons (Fsp3) is 0.684. The van der Waals surface area contributed by atoms with Gasteiger partial charge in [0.2, 0.25) is 0 Å². The van der Waals surface area contributed by atoms with Crippen molar-refractivity contribution in [2.45, 2.75) is 44.4 Å². The molecule has 1 aromatic rings. The number of ether oxygens (including phenoxy) is 1. The minimum absolute atomic E-state index is 0.396. The van der Waals surface area contributed by atoms with Crippen LogP contribution in [0.4, 0.5) is 0 Å². The second-order valence-corrected chi connectivity index (χ2v) is 7.02. The molecule has 2 aliphatic heterocycles. The first kappa shape index (κ1) is 16.9. The summed E-state index contributed by atoms with van der Waals surface area (Å²) >= 11 is 0. The Morgan fingerprint density at radius 3 is 2.74 bits per heavy atom. The van der Waals surface area contributed by atoms with Crippen LogP contribution in [-0.4, -0.2) is 66.4 Å². The maximum absolute atomic E-state index is 10.4. The van der Waals surface area contributed by atoms with Crippen LogP contribution < -0.4 is 0 Å². The van der Waals surface area contributed by atoms with Crippen LogP contribution in [0.5, 0.6) is 0 Å². The van der Waals surface area contributed by atoms with Gasteiger partial charge in [-0.15, -0.1) is 0 Å². The minimum Gasteiger partial charge on any atom is -0.387 e. The predicted octanol–water partition coefficient (Wildman–Crippen LogP) is 2.30. The zero-order valence-corrected chi connectivity index (χ0v) is 14.2. The number of hydrogen-bond acceptors (Lipinski definition) is 4. The molecule has 0 aliphatic carbocycles. The van der Waals surface area contributed by atoms with Crippen LogP contribution in [0.1, 0.15) is 37.9 Å². The van der Waals surface area contributed by atoms with Crippen LogP contribution in [-0.2, 0) is 4.74 Å². The molecule has 1 N–H and O–H groups in total. The summed E-state index contributed by atoms with van der Waals surface area (Å²) in [5.74, 6) is 0. The highest BCUT2D eigenvalue weighted by Gasteiger charge is 2.27. The molecule has 0 aromatic heterocycles. The highest BCUT2D eigenvalue weighted by atomic mass is 16.5. The number of aliphatic hydroxyl groups excluding tert-OH is 1. The van der Waals surface area contributed by atoms with E-state index in [9.17, 15) is 5.11 Å². The lowest BCUT2D eigenvalue weighted by Crippen LogP contribution is -2.54. The first-order chi connectivity index (χ1) is 11.2. The predicted molar refractivity (Wildman–Crippen MR) is 92.5 cm³/mol. The van der Waals surface area contributed by atoms with Gasteiger partial charge in [0, 0.05) is 45.4 Å². The molecule has 3 unspecified atom stereocenters. The number of hydrogen-bond donors (Lipinski definition) is 1. The van der Waals surface area contributed by atoms with Gasteiger partial charge in [0.1, 0.15) is 0 Å². The summed E-state index contributed by atoms with van der Waals surface area (Å²) in [6.07, 6.45) is 3.77. The lowest BCUT2D eigenvalue weighted by atomic mass is 10.1. The molecule has 1 aromatic carbocycles. The van der Waals surface area contributed by atoms with Gasteiger partial charge in [-0.3, -0.25) is 9.80 Å². The smallest absolute Gasteiger partial charge is 0.0917 e. The van der Waals surface area contributed by atoms with E-state index in [0.29, 0.717) is 12.1 Å². The average molecular weight is 318 g/mol. The van der Waals surface area contributed by atoms with Crippen LogP contribution in [0, 0.1) is 0 Å².